The Kier molecular flexibility index (Phi) is 6.41. The van der Waals surface area contributed by atoms with E-state index in [0.717, 1.165) is 4.68 Å². The van der Waals surface area contributed by atoms with E-state index in [4.69, 9.17) is 11.6 Å². The normalized spacial score (nSPS) is 12.2. The van der Waals surface area contributed by atoms with Gasteiger partial charge in [0.2, 0.25) is 5.78 Å². The maximum absolute atomic E-state index is 13.3. The molecule has 2 aromatic heterocycles. The molecule has 0 saturated heterocycles. The highest BCUT2D eigenvalue weighted by molar-refractivity contribution is 6.33. The van der Waals surface area contributed by atoms with Gasteiger partial charge in [-0.2, -0.15) is 31.4 Å². The summed E-state index contributed by atoms with van der Waals surface area (Å²) in [6, 6.07) is 8.05. The molecular weight excluding hydrogens is 512 g/mol. The predicted octanol–water partition coefficient (Wildman–Crippen LogP) is 5.96. The van der Waals surface area contributed by atoms with Crippen LogP contribution in [0, 0.1) is 6.92 Å². The second kappa shape index (κ2) is 9.08. The number of aryl methyl sites for hydroxylation is 1. The molecule has 36 heavy (non-hydrogen) atoms. The number of rotatable bonds is 5. The maximum atomic E-state index is 13.3. The number of hydrogen-bond acceptors (Lipinski definition) is 4. The van der Waals surface area contributed by atoms with E-state index in [9.17, 15) is 31.1 Å². The first kappa shape index (κ1) is 25.4. The zero-order chi connectivity index (χ0) is 26.4. The zero-order valence-electron chi connectivity index (χ0n) is 18.6. The van der Waals surface area contributed by atoms with E-state index in [1.165, 1.54) is 17.8 Å². The molecule has 0 unspecified atom stereocenters. The zero-order valence-corrected chi connectivity index (χ0v) is 19.4. The van der Waals surface area contributed by atoms with Gasteiger partial charge in [-0.15, -0.1) is 5.10 Å². The van der Waals surface area contributed by atoms with E-state index in [1.54, 1.807) is 31.3 Å². The van der Waals surface area contributed by atoms with Crippen LogP contribution in [0.1, 0.15) is 38.4 Å². The minimum atomic E-state index is -4.98. The van der Waals surface area contributed by atoms with E-state index in [1.807, 2.05) is 0 Å². The van der Waals surface area contributed by atoms with Gasteiger partial charge in [-0.3, -0.25) is 9.48 Å². The fourth-order valence-electron chi connectivity index (χ4n) is 3.71. The largest absolute Gasteiger partial charge is 0.416 e. The van der Waals surface area contributed by atoms with Crippen LogP contribution in [0.2, 0.25) is 5.02 Å². The van der Waals surface area contributed by atoms with Gasteiger partial charge in [0.05, 0.1) is 40.8 Å². The average molecular weight is 528 g/mol. The Hall–Kier alpha value is -3.67. The lowest BCUT2D eigenvalue weighted by Crippen LogP contribution is -2.13. The van der Waals surface area contributed by atoms with Crippen LogP contribution in [-0.4, -0.2) is 30.6 Å². The predicted molar refractivity (Wildman–Crippen MR) is 117 cm³/mol. The Morgan fingerprint density at radius 3 is 2.19 bits per heavy atom. The lowest BCUT2D eigenvalue weighted by atomic mass is 10.0. The Labute approximate surface area is 205 Å². The van der Waals surface area contributed by atoms with Crippen molar-refractivity contribution in [2.75, 3.05) is 0 Å². The van der Waals surface area contributed by atoms with Crippen molar-refractivity contribution < 1.29 is 31.1 Å². The van der Waals surface area contributed by atoms with E-state index in [-0.39, 0.29) is 28.6 Å². The number of alkyl halides is 6. The van der Waals surface area contributed by atoms with Gasteiger partial charge in [0.15, 0.2) is 5.69 Å². The smallest absolute Gasteiger partial charge is 0.287 e. The highest BCUT2D eigenvalue weighted by Crippen LogP contribution is 2.37. The molecule has 0 radical (unpaired) electrons. The number of halogens is 7. The highest BCUT2D eigenvalue weighted by Gasteiger charge is 2.37. The summed E-state index contributed by atoms with van der Waals surface area (Å²) in [6.45, 7) is 0.973. The van der Waals surface area contributed by atoms with Crippen LogP contribution in [0.3, 0.4) is 0 Å². The van der Waals surface area contributed by atoms with E-state index in [2.05, 4.69) is 15.4 Å². The molecule has 0 atom stereocenters. The molecule has 0 aliphatic carbocycles. The van der Waals surface area contributed by atoms with Gasteiger partial charge in [0, 0.05) is 17.6 Å². The first-order valence-corrected chi connectivity index (χ1v) is 10.6. The number of carbonyl (C=O) groups excluding carboxylic acids is 1. The third-order valence-corrected chi connectivity index (χ3v) is 5.82. The molecule has 0 fully saturated rings. The van der Waals surface area contributed by atoms with Crippen molar-refractivity contribution in [1.82, 2.24) is 24.8 Å². The van der Waals surface area contributed by atoms with E-state index >= 15 is 0 Å². The van der Waals surface area contributed by atoms with Gasteiger partial charge in [0.25, 0.3) is 0 Å². The standard InChI is InChI=1S/C23H16ClF6N5O/c1-12-19(21(36)17-10-31-34(2)20(17)16-5-3-4-6-18(16)24)32-33-35(12)11-13-7-14(22(25,26)27)9-15(8-13)23(28,29)30/h3-10H,11H2,1-2H3. The van der Waals surface area contributed by atoms with Gasteiger partial charge in [0.1, 0.15) is 0 Å². The lowest BCUT2D eigenvalue weighted by Gasteiger charge is -2.14. The highest BCUT2D eigenvalue weighted by atomic mass is 35.5. The fourth-order valence-corrected chi connectivity index (χ4v) is 3.93. The van der Waals surface area contributed by atoms with Crippen LogP contribution < -0.4 is 0 Å². The maximum Gasteiger partial charge on any atom is 0.416 e. The summed E-state index contributed by atoms with van der Waals surface area (Å²) in [5.41, 5.74) is -2.06. The third-order valence-electron chi connectivity index (χ3n) is 5.49. The summed E-state index contributed by atoms with van der Waals surface area (Å²) in [5, 5.41) is 12.1. The van der Waals surface area contributed by atoms with Gasteiger partial charge < -0.3 is 0 Å². The Morgan fingerprint density at radius 1 is 1.00 bits per heavy atom. The van der Waals surface area contributed by atoms with Crippen molar-refractivity contribution in [3.05, 3.63) is 87.3 Å². The van der Waals surface area contributed by atoms with Crippen LogP contribution in [0.25, 0.3) is 11.3 Å². The molecule has 6 nitrogen and oxygen atoms in total. The molecule has 0 N–H and O–H groups in total. The quantitative estimate of drug-likeness (QED) is 0.237. The molecule has 0 amide bonds. The van der Waals surface area contributed by atoms with Crippen molar-refractivity contribution in [3.63, 3.8) is 0 Å². The summed E-state index contributed by atoms with van der Waals surface area (Å²) in [4.78, 5) is 13.3. The minimum absolute atomic E-state index is 0.0469. The second-order valence-corrected chi connectivity index (χ2v) is 8.34. The van der Waals surface area contributed by atoms with Crippen molar-refractivity contribution in [2.24, 2.45) is 7.05 Å². The Balaban J connectivity index is 1.71. The monoisotopic (exact) mass is 527 g/mol. The Bertz CT molecular complexity index is 1420. The van der Waals surface area contributed by atoms with E-state index in [0.29, 0.717) is 28.4 Å². The second-order valence-electron chi connectivity index (χ2n) is 7.93. The molecule has 0 saturated carbocycles. The van der Waals surface area contributed by atoms with Gasteiger partial charge in [-0.25, -0.2) is 4.68 Å². The summed E-state index contributed by atoms with van der Waals surface area (Å²) < 4.78 is 81.7. The van der Waals surface area contributed by atoms with Crippen molar-refractivity contribution >= 4 is 17.4 Å². The van der Waals surface area contributed by atoms with Crippen LogP contribution in [0.5, 0.6) is 0 Å². The summed E-state index contributed by atoms with van der Waals surface area (Å²) in [7, 11) is 1.62. The summed E-state index contributed by atoms with van der Waals surface area (Å²) in [6.07, 6.45) is -8.64. The number of ketones is 1. The van der Waals surface area contributed by atoms with Crippen molar-refractivity contribution in [3.8, 4) is 11.3 Å². The molecule has 13 heteroatoms. The molecule has 4 aromatic rings. The molecular formula is C23H16ClF6N5O. The number of carbonyl (C=O) groups is 1. The molecule has 0 aliphatic heterocycles. The molecule has 4 rings (SSSR count). The van der Waals surface area contributed by atoms with Crippen molar-refractivity contribution in [2.45, 2.75) is 25.8 Å². The molecule has 2 aromatic carbocycles. The number of aromatic nitrogens is 5. The third kappa shape index (κ3) is 4.85. The molecule has 0 bridgehead atoms. The van der Waals surface area contributed by atoms with Gasteiger partial charge >= 0.3 is 12.4 Å². The molecule has 2 heterocycles. The summed E-state index contributed by atoms with van der Waals surface area (Å²) in [5.74, 6) is -0.582. The van der Waals surface area contributed by atoms with Gasteiger partial charge in [-0.1, -0.05) is 35.0 Å². The molecule has 0 aliphatic rings. The molecule has 188 valence electrons. The van der Waals surface area contributed by atoms with Crippen LogP contribution >= 0.6 is 11.6 Å². The minimum Gasteiger partial charge on any atom is -0.287 e. The average Bonchev–Trinajstić information content (AvgIpc) is 3.35. The fraction of sp³-hybridized carbons (Fsp3) is 0.217. The number of benzene rings is 2. The van der Waals surface area contributed by atoms with Crippen LogP contribution in [0.4, 0.5) is 26.3 Å². The lowest BCUT2D eigenvalue weighted by molar-refractivity contribution is -0.143. The van der Waals surface area contributed by atoms with Crippen LogP contribution in [0.15, 0.2) is 48.7 Å². The van der Waals surface area contributed by atoms with Crippen molar-refractivity contribution in [1.29, 1.82) is 0 Å². The van der Waals surface area contributed by atoms with E-state index < -0.39 is 35.8 Å². The topological polar surface area (TPSA) is 65.6 Å². The summed E-state index contributed by atoms with van der Waals surface area (Å²) >= 11 is 6.28. The number of hydrogen-bond donors (Lipinski definition) is 0. The first-order chi connectivity index (χ1) is 16.8. The Morgan fingerprint density at radius 2 is 1.61 bits per heavy atom. The SMILES string of the molecule is Cc1c(C(=O)c2cnn(C)c2-c2ccccc2Cl)nnn1Cc1cc(C(F)(F)F)cc(C(F)(F)F)c1. The number of nitrogens with zero attached hydrogens (tertiary/aromatic N) is 5. The van der Waals surface area contributed by atoms with Crippen LogP contribution in [-0.2, 0) is 25.9 Å². The first-order valence-electron chi connectivity index (χ1n) is 10.3. The molecule has 0 spiro atoms. The van der Waals surface area contributed by atoms with Gasteiger partial charge in [-0.05, 0) is 36.8 Å².